The molecule has 0 aromatic carbocycles. The number of aryl methyl sites for hydroxylation is 1. The summed E-state index contributed by atoms with van der Waals surface area (Å²) in [5, 5.41) is 2.62. The van der Waals surface area contributed by atoms with Gasteiger partial charge in [0, 0.05) is 16.9 Å². The molecular weight excluding hydrogens is 332 g/mol. The standard InChI is InChI=1S/C13H12BrF2N3O/c1-8-5-9(14)6-17-12(8)18-13(20)10-3-2-4-19(10)7-11(15)16/h2-6,11H,7H2,1H3,(H,17,18,20). The molecule has 2 rings (SSSR count). The summed E-state index contributed by atoms with van der Waals surface area (Å²) < 4.78 is 26.8. The van der Waals surface area contributed by atoms with Crippen molar-refractivity contribution in [2.24, 2.45) is 0 Å². The first kappa shape index (κ1) is 14.6. The SMILES string of the molecule is Cc1cc(Br)cnc1NC(=O)c1cccn1CC(F)F. The summed E-state index contributed by atoms with van der Waals surface area (Å²) in [6.45, 7) is 1.29. The van der Waals surface area contributed by atoms with Gasteiger partial charge in [-0.05, 0) is 46.6 Å². The molecule has 0 unspecified atom stereocenters. The van der Waals surface area contributed by atoms with Crippen molar-refractivity contribution >= 4 is 27.7 Å². The third-order valence-corrected chi connectivity index (χ3v) is 3.11. The van der Waals surface area contributed by atoms with Crippen LogP contribution in [0.2, 0.25) is 0 Å². The van der Waals surface area contributed by atoms with E-state index in [-0.39, 0.29) is 5.69 Å². The average Bonchev–Trinajstić information content (AvgIpc) is 2.80. The van der Waals surface area contributed by atoms with E-state index < -0.39 is 18.9 Å². The van der Waals surface area contributed by atoms with E-state index in [1.165, 1.54) is 16.8 Å². The molecule has 7 heteroatoms. The molecule has 0 radical (unpaired) electrons. The molecule has 2 heterocycles. The van der Waals surface area contributed by atoms with E-state index in [2.05, 4.69) is 26.2 Å². The highest BCUT2D eigenvalue weighted by atomic mass is 79.9. The van der Waals surface area contributed by atoms with Gasteiger partial charge in [-0.3, -0.25) is 4.79 Å². The van der Waals surface area contributed by atoms with E-state index in [9.17, 15) is 13.6 Å². The lowest BCUT2D eigenvalue weighted by Gasteiger charge is -2.10. The topological polar surface area (TPSA) is 46.9 Å². The number of nitrogens with one attached hydrogen (secondary N) is 1. The summed E-state index contributed by atoms with van der Waals surface area (Å²) in [7, 11) is 0. The molecule has 0 aliphatic carbocycles. The molecule has 2 aromatic heterocycles. The van der Waals surface area contributed by atoms with Crippen molar-refractivity contribution in [1.82, 2.24) is 9.55 Å². The second kappa shape index (κ2) is 6.13. The van der Waals surface area contributed by atoms with Gasteiger partial charge in [0.25, 0.3) is 12.3 Å². The maximum absolute atomic E-state index is 12.4. The van der Waals surface area contributed by atoms with Crippen LogP contribution in [0.1, 0.15) is 16.1 Å². The summed E-state index contributed by atoms with van der Waals surface area (Å²) >= 11 is 3.28. The molecule has 0 fully saturated rings. The first-order valence-electron chi connectivity index (χ1n) is 5.84. The molecule has 0 aliphatic rings. The fraction of sp³-hybridized carbons (Fsp3) is 0.231. The number of rotatable bonds is 4. The number of nitrogens with zero attached hydrogens (tertiary/aromatic N) is 2. The van der Waals surface area contributed by atoms with Crippen molar-refractivity contribution in [1.29, 1.82) is 0 Å². The first-order valence-corrected chi connectivity index (χ1v) is 6.63. The molecule has 106 valence electrons. The minimum Gasteiger partial charge on any atom is -0.338 e. The third-order valence-electron chi connectivity index (χ3n) is 2.67. The largest absolute Gasteiger partial charge is 0.338 e. The van der Waals surface area contributed by atoms with Gasteiger partial charge in [0.05, 0.1) is 6.54 Å². The Labute approximate surface area is 122 Å². The van der Waals surface area contributed by atoms with Crippen molar-refractivity contribution in [3.05, 3.63) is 46.3 Å². The summed E-state index contributed by atoms with van der Waals surface area (Å²) in [5.74, 6) is -0.0587. The molecule has 0 atom stereocenters. The van der Waals surface area contributed by atoms with E-state index in [0.717, 1.165) is 10.0 Å². The normalized spacial score (nSPS) is 10.8. The summed E-state index contributed by atoms with van der Waals surface area (Å²) in [4.78, 5) is 16.2. The van der Waals surface area contributed by atoms with Crippen molar-refractivity contribution in [3.8, 4) is 0 Å². The number of aromatic nitrogens is 2. The van der Waals surface area contributed by atoms with Crippen molar-refractivity contribution in [3.63, 3.8) is 0 Å². The fourth-order valence-electron chi connectivity index (χ4n) is 1.77. The van der Waals surface area contributed by atoms with Crippen molar-refractivity contribution in [2.45, 2.75) is 19.9 Å². The maximum atomic E-state index is 12.4. The van der Waals surface area contributed by atoms with Crippen LogP contribution < -0.4 is 5.32 Å². The Hall–Kier alpha value is -1.76. The number of alkyl halides is 2. The molecular formula is C13H12BrF2N3O. The molecule has 0 bridgehead atoms. The van der Waals surface area contributed by atoms with Crippen LogP contribution in [0.15, 0.2) is 35.1 Å². The lowest BCUT2D eigenvalue weighted by molar-refractivity contribution is 0.0997. The number of halogens is 3. The zero-order valence-electron chi connectivity index (χ0n) is 10.6. The van der Waals surface area contributed by atoms with Crippen LogP contribution in [-0.4, -0.2) is 21.9 Å². The van der Waals surface area contributed by atoms with Crippen LogP contribution in [0.25, 0.3) is 0 Å². The molecule has 1 N–H and O–H groups in total. The Balaban J connectivity index is 2.18. The highest BCUT2D eigenvalue weighted by Crippen LogP contribution is 2.18. The van der Waals surface area contributed by atoms with E-state index >= 15 is 0 Å². The van der Waals surface area contributed by atoms with Gasteiger partial charge < -0.3 is 9.88 Å². The van der Waals surface area contributed by atoms with Gasteiger partial charge in [0.1, 0.15) is 11.5 Å². The van der Waals surface area contributed by atoms with Crippen molar-refractivity contribution in [2.75, 3.05) is 5.32 Å². The highest BCUT2D eigenvalue weighted by molar-refractivity contribution is 9.10. The second-order valence-electron chi connectivity index (χ2n) is 4.21. The average molecular weight is 344 g/mol. The number of anilines is 1. The summed E-state index contributed by atoms with van der Waals surface area (Å²) in [6, 6.07) is 4.85. The van der Waals surface area contributed by atoms with Gasteiger partial charge in [0.2, 0.25) is 0 Å². The maximum Gasteiger partial charge on any atom is 0.273 e. The Bertz CT molecular complexity index is 628. The monoisotopic (exact) mass is 343 g/mol. The molecule has 0 saturated heterocycles. The minimum atomic E-state index is -2.51. The minimum absolute atomic E-state index is 0.175. The zero-order chi connectivity index (χ0) is 14.7. The summed E-state index contributed by atoms with van der Waals surface area (Å²) in [6.07, 6.45) is 0.491. The molecule has 4 nitrogen and oxygen atoms in total. The molecule has 0 aliphatic heterocycles. The quantitative estimate of drug-likeness (QED) is 0.923. The van der Waals surface area contributed by atoms with Crippen molar-refractivity contribution < 1.29 is 13.6 Å². The number of amides is 1. The fourth-order valence-corrected chi connectivity index (χ4v) is 2.22. The zero-order valence-corrected chi connectivity index (χ0v) is 12.2. The van der Waals surface area contributed by atoms with Gasteiger partial charge in [-0.1, -0.05) is 0 Å². The van der Waals surface area contributed by atoms with Crippen LogP contribution in [0.4, 0.5) is 14.6 Å². The van der Waals surface area contributed by atoms with E-state index in [1.54, 1.807) is 25.3 Å². The smallest absolute Gasteiger partial charge is 0.273 e. The van der Waals surface area contributed by atoms with Gasteiger partial charge in [-0.2, -0.15) is 0 Å². The Kier molecular flexibility index (Phi) is 4.49. The number of hydrogen-bond donors (Lipinski definition) is 1. The Morgan fingerprint density at radius 3 is 2.95 bits per heavy atom. The summed E-state index contributed by atoms with van der Waals surface area (Å²) in [5.41, 5.74) is 0.953. The molecule has 20 heavy (non-hydrogen) atoms. The molecule has 0 spiro atoms. The first-order chi connectivity index (χ1) is 9.47. The van der Waals surface area contributed by atoms with E-state index in [1.807, 2.05) is 0 Å². The van der Waals surface area contributed by atoms with Gasteiger partial charge in [-0.15, -0.1) is 0 Å². The van der Waals surface area contributed by atoms with Crippen LogP contribution in [0, 0.1) is 6.92 Å². The predicted octanol–water partition coefficient (Wildman–Crippen LogP) is 3.47. The number of carbonyl (C=O) groups excluding carboxylic acids is 1. The van der Waals surface area contributed by atoms with Crippen LogP contribution in [-0.2, 0) is 6.54 Å². The number of carbonyl (C=O) groups is 1. The third kappa shape index (κ3) is 3.41. The van der Waals surface area contributed by atoms with Gasteiger partial charge in [-0.25, -0.2) is 13.8 Å². The second-order valence-corrected chi connectivity index (χ2v) is 5.13. The lowest BCUT2D eigenvalue weighted by atomic mass is 10.3. The molecule has 2 aromatic rings. The Morgan fingerprint density at radius 2 is 2.30 bits per heavy atom. The highest BCUT2D eigenvalue weighted by Gasteiger charge is 2.15. The molecule has 0 saturated carbocycles. The lowest BCUT2D eigenvalue weighted by Crippen LogP contribution is -2.19. The van der Waals surface area contributed by atoms with E-state index in [4.69, 9.17) is 0 Å². The van der Waals surface area contributed by atoms with Crippen LogP contribution in [0.3, 0.4) is 0 Å². The van der Waals surface area contributed by atoms with Crippen LogP contribution in [0.5, 0.6) is 0 Å². The van der Waals surface area contributed by atoms with Crippen LogP contribution >= 0.6 is 15.9 Å². The number of hydrogen-bond acceptors (Lipinski definition) is 2. The molecule has 1 amide bonds. The predicted molar refractivity (Wildman–Crippen MR) is 75.1 cm³/mol. The number of pyridine rings is 1. The van der Waals surface area contributed by atoms with Gasteiger partial charge >= 0.3 is 0 Å². The Morgan fingerprint density at radius 1 is 1.55 bits per heavy atom. The van der Waals surface area contributed by atoms with Gasteiger partial charge in [0.15, 0.2) is 0 Å². The van der Waals surface area contributed by atoms with E-state index in [0.29, 0.717) is 5.82 Å².